The van der Waals surface area contributed by atoms with E-state index in [4.69, 9.17) is 0 Å². The molecular weight excluding hydrogens is 495 g/mol. The number of aromatic nitrogens is 3. The molecule has 0 radical (unpaired) electrons. The molecular formula is C26H33FN6O3S. The van der Waals surface area contributed by atoms with Crippen molar-refractivity contribution in [2.24, 2.45) is 7.05 Å². The first-order chi connectivity index (χ1) is 17.4. The maximum Gasteiger partial charge on any atom is 0.320 e. The number of carbonyl (C=O) groups is 1. The van der Waals surface area contributed by atoms with E-state index < -0.39 is 27.8 Å². The molecule has 198 valence electrons. The summed E-state index contributed by atoms with van der Waals surface area (Å²) in [6.45, 7) is 4.16. The van der Waals surface area contributed by atoms with Gasteiger partial charge in [-0.2, -0.15) is 5.10 Å². The Morgan fingerprint density at radius 2 is 1.95 bits per heavy atom. The highest BCUT2D eigenvalue weighted by Gasteiger charge is 2.31. The van der Waals surface area contributed by atoms with Crippen LogP contribution in [0.15, 0.2) is 29.3 Å². The number of aryl methyl sites for hydroxylation is 3. The van der Waals surface area contributed by atoms with Crippen molar-refractivity contribution < 1.29 is 17.6 Å². The number of nitrogens with zero attached hydrogens (tertiary/aromatic N) is 3. The Bertz CT molecular complexity index is 1470. The van der Waals surface area contributed by atoms with E-state index in [1.807, 2.05) is 13.0 Å². The molecule has 1 fully saturated rings. The molecule has 1 atom stereocenters. The molecule has 5 rings (SSSR count). The molecule has 9 nitrogen and oxygen atoms in total. The van der Waals surface area contributed by atoms with E-state index in [-0.39, 0.29) is 11.4 Å². The number of carbonyl (C=O) groups excluding carboxylic acids is 1. The first-order valence-corrected chi connectivity index (χ1v) is 14.1. The molecule has 2 amide bonds. The molecule has 0 aliphatic heterocycles. The van der Waals surface area contributed by atoms with Gasteiger partial charge in [0.05, 0.1) is 16.6 Å². The summed E-state index contributed by atoms with van der Waals surface area (Å²) in [5, 5.41) is 11.4. The van der Waals surface area contributed by atoms with Crippen molar-refractivity contribution in [3.63, 3.8) is 0 Å². The summed E-state index contributed by atoms with van der Waals surface area (Å²) in [6.07, 6.45) is 6.09. The lowest BCUT2D eigenvalue weighted by Crippen LogP contribution is -2.36. The maximum atomic E-state index is 14.2. The zero-order valence-electron chi connectivity index (χ0n) is 21.6. The third-order valence-corrected chi connectivity index (χ3v) is 8.40. The van der Waals surface area contributed by atoms with E-state index in [1.165, 1.54) is 13.8 Å². The van der Waals surface area contributed by atoms with Gasteiger partial charge in [0.1, 0.15) is 11.5 Å². The van der Waals surface area contributed by atoms with Crippen molar-refractivity contribution in [3.05, 3.63) is 46.9 Å². The smallest absolute Gasteiger partial charge is 0.320 e. The van der Waals surface area contributed by atoms with E-state index in [2.05, 4.69) is 25.4 Å². The number of fused-ring (bicyclic) bond motifs is 3. The van der Waals surface area contributed by atoms with Crippen LogP contribution >= 0.6 is 0 Å². The summed E-state index contributed by atoms with van der Waals surface area (Å²) in [5.74, 6) is 0.908. The van der Waals surface area contributed by atoms with Crippen molar-refractivity contribution in [1.82, 2.24) is 24.8 Å². The second kappa shape index (κ2) is 9.36. The molecule has 2 aromatic heterocycles. The minimum absolute atomic E-state index is 0.0890. The van der Waals surface area contributed by atoms with Crippen molar-refractivity contribution in [2.75, 3.05) is 11.9 Å². The number of halogens is 1. The fourth-order valence-corrected chi connectivity index (χ4v) is 6.39. The second-order valence-electron chi connectivity index (χ2n) is 10.8. The van der Waals surface area contributed by atoms with Gasteiger partial charge in [0, 0.05) is 48.2 Å². The predicted molar refractivity (Wildman–Crippen MR) is 140 cm³/mol. The van der Waals surface area contributed by atoms with Gasteiger partial charge in [-0.05, 0) is 76.1 Å². The van der Waals surface area contributed by atoms with E-state index in [1.54, 1.807) is 30.1 Å². The fraction of sp³-hybridized carbons (Fsp3) is 0.500. The number of anilines is 1. The van der Waals surface area contributed by atoms with Crippen molar-refractivity contribution >= 4 is 32.6 Å². The Balaban J connectivity index is 1.54. The maximum absolute atomic E-state index is 14.2. The van der Waals surface area contributed by atoms with Crippen LogP contribution in [0.2, 0.25) is 0 Å². The van der Waals surface area contributed by atoms with Gasteiger partial charge in [0.15, 0.2) is 0 Å². The number of pyridine rings is 1. The molecule has 2 heterocycles. The first-order valence-electron chi connectivity index (χ1n) is 12.6. The molecule has 2 aliphatic carbocycles. The van der Waals surface area contributed by atoms with Crippen LogP contribution < -0.4 is 15.4 Å². The lowest BCUT2D eigenvalue weighted by atomic mass is 9.84. The Morgan fingerprint density at radius 3 is 2.59 bits per heavy atom. The predicted octanol–water partition coefficient (Wildman–Crippen LogP) is 4.38. The molecule has 0 unspecified atom stereocenters. The van der Waals surface area contributed by atoms with Crippen molar-refractivity contribution in [2.45, 2.75) is 75.4 Å². The zero-order valence-corrected chi connectivity index (χ0v) is 22.4. The van der Waals surface area contributed by atoms with Gasteiger partial charge in [-0.15, -0.1) is 0 Å². The van der Waals surface area contributed by atoms with E-state index in [0.717, 1.165) is 53.6 Å². The monoisotopic (exact) mass is 528 g/mol. The number of hydrogen-bond acceptors (Lipinski definition) is 5. The Labute approximate surface area is 216 Å². The van der Waals surface area contributed by atoms with Crippen LogP contribution in [-0.2, 0) is 23.5 Å². The van der Waals surface area contributed by atoms with E-state index >= 15 is 0 Å². The van der Waals surface area contributed by atoms with Gasteiger partial charge in [-0.3, -0.25) is 15.0 Å². The average Bonchev–Trinajstić information content (AvgIpc) is 3.62. The van der Waals surface area contributed by atoms with Gasteiger partial charge < -0.3 is 5.32 Å². The van der Waals surface area contributed by atoms with E-state index in [9.17, 15) is 17.6 Å². The SMILES string of the molecule is Cc1cc(NC(=O)N[C@H]2CCCc3c2cc(S(=O)(=O)NCC(C)(C)F)c2cc(C4CC4)ncc32)n(C)n1. The molecule has 1 aromatic carbocycles. The average molecular weight is 529 g/mol. The van der Waals surface area contributed by atoms with Crippen molar-refractivity contribution in [1.29, 1.82) is 0 Å². The molecule has 3 N–H and O–H groups in total. The number of alkyl halides is 1. The normalized spacial score (nSPS) is 18.0. The summed E-state index contributed by atoms with van der Waals surface area (Å²) in [4.78, 5) is 17.6. The summed E-state index contributed by atoms with van der Waals surface area (Å²) >= 11 is 0. The number of rotatable bonds is 7. The van der Waals surface area contributed by atoms with Crippen LogP contribution in [0.4, 0.5) is 15.0 Å². The fourth-order valence-electron chi connectivity index (χ4n) is 4.96. The highest BCUT2D eigenvalue weighted by atomic mass is 32.2. The molecule has 0 saturated heterocycles. The van der Waals surface area contributed by atoms with Gasteiger partial charge in [-0.25, -0.2) is 22.3 Å². The van der Waals surface area contributed by atoms with Gasteiger partial charge >= 0.3 is 6.03 Å². The lowest BCUT2D eigenvalue weighted by Gasteiger charge is -2.29. The van der Waals surface area contributed by atoms with Crippen LogP contribution in [0.3, 0.4) is 0 Å². The van der Waals surface area contributed by atoms with Gasteiger partial charge in [0.25, 0.3) is 0 Å². The largest absolute Gasteiger partial charge is 0.331 e. The highest BCUT2D eigenvalue weighted by molar-refractivity contribution is 7.89. The second-order valence-corrected chi connectivity index (χ2v) is 12.5. The summed E-state index contributed by atoms with van der Waals surface area (Å²) in [7, 11) is -2.29. The Morgan fingerprint density at radius 1 is 1.19 bits per heavy atom. The molecule has 2 aliphatic rings. The molecule has 1 saturated carbocycles. The summed E-state index contributed by atoms with van der Waals surface area (Å²) < 4.78 is 45.2. The lowest BCUT2D eigenvalue weighted by molar-refractivity contribution is 0.221. The van der Waals surface area contributed by atoms with Crippen LogP contribution in [-0.4, -0.2) is 41.4 Å². The number of amides is 2. The molecule has 11 heteroatoms. The minimum Gasteiger partial charge on any atom is -0.331 e. The van der Waals surface area contributed by atoms with Gasteiger partial charge in [-0.1, -0.05) is 0 Å². The summed E-state index contributed by atoms with van der Waals surface area (Å²) in [6, 6.07) is 4.51. The molecule has 3 aromatic rings. The number of nitrogens with one attached hydrogen (secondary N) is 3. The Kier molecular flexibility index (Phi) is 6.47. The number of urea groups is 1. The standard InChI is InChI=1S/C26H33FN6O3S/c1-15-10-24(33(4)32-15)31-25(34)30-21-7-5-6-17-18(21)12-23(37(35,36)29-14-26(2,3)27)19-11-22(16-8-9-16)28-13-20(17)19/h10-13,16,21,29H,5-9,14H2,1-4H3,(H2,30,31,34)/t21-/m0/s1. The highest BCUT2D eigenvalue weighted by Crippen LogP contribution is 2.43. The number of benzene rings is 1. The molecule has 37 heavy (non-hydrogen) atoms. The van der Waals surface area contributed by atoms with Crippen molar-refractivity contribution in [3.8, 4) is 0 Å². The quantitative estimate of drug-likeness (QED) is 0.421. The summed E-state index contributed by atoms with van der Waals surface area (Å²) in [5.41, 5.74) is 1.69. The third-order valence-electron chi connectivity index (χ3n) is 6.96. The van der Waals surface area contributed by atoms with Crippen LogP contribution in [0.5, 0.6) is 0 Å². The van der Waals surface area contributed by atoms with E-state index in [0.29, 0.717) is 23.5 Å². The third kappa shape index (κ3) is 5.47. The topological polar surface area (TPSA) is 118 Å². The van der Waals surface area contributed by atoms with Crippen LogP contribution in [0.1, 0.15) is 74.0 Å². The van der Waals surface area contributed by atoms with Gasteiger partial charge in [0.2, 0.25) is 10.0 Å². The number of sulfonamides is 1. The molecule has 0 spiro atoms. The van der Waals surface area contributed by atoms with Crippen LogP contribution in [0.25, 0.3) is 10.8 Å². The Hall–Kier alpha value is -3.05. The minimum atomic E-state index is -4.04. The molecule has 0 bridgehead atoms. The zero-order chi connectivity index (χ0) is 26.5. The number of hydrogen-bond donors (Lipinski definition) is 3. The van der Waals surface area contributed by atoms with Crippen LogP contribution in [0, 0.1) is 6.92 Å². The first kappa shape index (κ1) is 25.6.